The van der Waals surface area contributed by atoms with Gasteiger partial charge in [0.25, 0.3) is 0 Å². The minimum absolute atomic E-state index is 0.0288. The lowest BCUT2D eigenvalue weighted by Crippen LogP contribution is -2.31. The molecule has 1 saturated carbocycles. The Bertz CT molecular complexity index is 678. The molecule has 0 unspecified atom stereocenters. The third-order valence-electron chi connectivity index (χ3n) is 5.03. The molecule has 0 saturated heterocycles. The van der Waals surface area contributed by atoms with Crippen LogP contribution < -0.4 is 10.0 Å². The van der Waals surface area contributed by atoms with Gasteiger partial charge in [0.05, 0.1) is 5.75 Å². The van der Waals surface area contributed by atoms with Crippen molar-refractivity contribution in [2.45, 2.75) is 83.6 Å². The molecule has 27 heavy (non-hydrogen) atoms. The Morgan fingerprint density at radius 1 is 1.07 bits per heavy atom. The monoisotopic (exact) mass is 394 g/mol. The maximum absolute atomic E-state index is 12.0. The minimum atomic E-state index is -3.31. The Morgan fingerprint density at radius 2 is 1.70 bits per heavy atom. The van der Waals surface area contributed by atoms with Crippen molar-refractivity contribution in [2.24, 2.45) is 5.92 Å². The van der Waals surface area contributed by atoms with Crippen LogP contribution in [-0.2, 0) is 27.1 Å². The molecule has 5 nitrogen and oxygen atoms in total. The number of carbonyl (C=O) groups is 1. The molecule has 2 N–H and O–H groups in total. The first kappa shape index (κ1) is 21.9. The zero-order valence-corrected chi connectivity index (χ0v) is 17.5. The second kappa shape index (κ2) is 10.8. The summed E-state index contributed by atoms with van der Waals surface area (Å²) in [6.45, 7) is 4.09. The van der Waals surface area contributed by atoms with Gasteiger partial charge in [-0.15, -0.1) is 0 Å². The van der Waals surface area contributed by atoms with E-state index in [0.29, 0.717) is 13.0 Å². The van der Waals surface area contributed by atoms with Gasteiger partial charge in [0.2, 0.25) is 15.9 Å². The normalized spacial score (nSPS) is 15.8. The second-order valence-corrected chi connectivity index (χ2v) is 9.78. The summed E-state index contributed by atoms with van der Waals surface area (Å²) >= 11 is 0. The van der Waals surface area contributed by atoms with E-state index in [1.165, 1.54) is 38.5 Å². The molecule has 0 heterocycles. The molecule has 0 radical (unpaired) electrons. The molecular weight excluding hydrogens is 360 g/mol. The molecule has 152 valence electrons. The van der Waals surface area contributed by atoms with Crippen molar-refractivity contribution in [3.8, 4) is 0 Å². The van der Waals surface area contributed by atoms with Crippen LogP contribution >= 0.6 is 0 Å². The van der Waals surface area contributed by atoms with Crippen molar-refractivity contribution in [3.05, 3.63) is 35.4 Å². The standard InChI is InChI=1S/C21H34N2O3S/c1-17(2)23-27(25,26)16-20-13-11-19(12-14-20)15-22-21(24)10-6-9-18-7-4-3-5-8-18/h11-14,17-18,23H,3-10,15-16H2,1-2H3,(H,22,24). The largest absolute Gasteiger partial charge is 0.352 e. The highest BCUT2D eigenvalue weighted by atomic mass is 32.2. The topological polar surface area (TPSA) is 75.3 Å². The third kappa shape index (κ3) is 8.89. The SMILES string of the molecule is CC(C)NS(=O)(=O)Cc1ccc(CNC(=O)CCCC2CCCCC2)cc1. The Labute approximate surface area is 164 Å². The number of sulfonamides is 1. The van der Waals surface area contributed by atoms with E-state index in [9.17, 15) is 13.2 Å². The third-order valence-corrected chi connectivity index (χ3v) is 6.57. The summed E-state index contributed by atoms with van der Waals surface area (Å²) in [5.74, 6) is 0.887. The van der Waals surface area contributed by atoms with Crippen LogP contribution in [0.15, 0.2) is 24.3 Å². The maximum atomic E-state index is 12.0. The first-order valence-electron chi connectivity index (χ1n) is 10.2. The highest BCUT2D eigenvalue weighted by Gasteiger charge is 2.14. The van der Waals surface area contributed by atoms with Crippen molar-refractivity contribution >= 4 is 15.9 Å². The van der Waals surface area contributed by atoms with Crippen molar-refractivity contribution in [1.82, 2.24) is 10.0 Å². The van der Waals surface area contributed by atoms with Gasteiger partial charge in [0.15, 0.2) is 0 Å². The molecule has 0 aliphatic heterocycles. The Hall–Kier alpha value is -1.40. The van der Waals surface area contributed by atoms with Crippen LogP contribution in [0.2, 0.25) is 0 Å². The fraction of sp³-hybridized carbons (Fsp3) is 0.667. The summed E-state index contributed by atoms with van der Waals surface area (Å²) in [6.07, 6.45) is 9.46. The molecule has 1 aliphatic carbocycles. The van der Waals surface area contributed by atoms with Crippen LogP contribution in [0.5, 0.6) is 0 Å². The fourth-order valence-electron chi connectivity index (χ4n) is 3.69. The number of nitrogens with one attached hydrogen (secondary N) is 2. The zero-order chi connectivity index (χ0) is 19.7. The van der Waals surface area contributed by atoms with Crippen molar-refractivity contribution in [1.29, 1.82) is 0 Å². The zero-order valence-electron chi connectivity index (χ0n) is 16.7. The summed E-state index contributed by atoms with van der Waals surface area (Å²) in [6, 6.07) is 7.27. The summed E-state index contributed by atoms with van der Waals surface area (Å²) in [5, 5.41) is 2.96. The van der Waals surface area contributed by atoms with Gasteiger partial charge >= 0.3 is 0 Å². The average Bonchev–Trinajstić information content (AvgIpc) is 2.60. The van der Waals surface area contributed by atoms with E-state index >= 15 is 0 Å². The lowest BCUT2D eigenvalue weighted by Gasteiger charge is -2.21. The number of rotatable bonds is 10. The predicted molar refractivity (Wildman–Crippen MR) is 110 cm³/mol. The van der Waals surface area contributed by atoms with Gasteiger partial charge in [0, 0.05) is 19.0 Å². The quantitative estimate of drug-likeness (QED) is 0.632. The smallest absolute Gasteiger partial charge is 0.220 e. The predicted octanol–water partition coefficient (Wildman–Crippen LogP) is 3.88. The van der Waals surface area contributed by atoms with Gasteiger partial charge < -0.3 is 5.32 Å². The second-order valence-electron chi connectivity index (χ2n) is 8.02. The van der Waals surface area contributed by atoms with Gasteiger partial charge in [-0.2, -0.15) is 0 Å². The Morgan fingerprint density at radius 3 is 2.33 bits per heavy atom. The van der Waals surface area contributed by atoms with Crippen LogP contribution in [-0.4, -0.2) is 20.4 Å². The van der Waals surface area contributed by atoms with Crippen LogP contribution in [0, 0.1) is 5.92 Å². The van der Waals surface area contributed by atoms with E-state index in [2.05, 4.69) is 10.0 Å². The number of amides is 1. The highest BCUT2D eigenvalue weighted by molar-refractivity contribution is 7.88. The molecule has 1 aromatic carbocycles. The molecule has 0 aromatic heterocycles. The summed E-state index contributed by atoms with van der Waals surface area (Å²) in [4.78, 5) is 12.0. The lowest BCUT2D eigenvalue weighted by molar-refractivity contribution is -0.121. The molecule has 2 rings (SSSR count). The van der Waals surface area contributed by atoms with E-state index < -0.39 is 10.0 Å². The number of carbonyl (C=O) groups excluding carboxylic acids is 1. The van der Waals surface area contributed by atoms with Crippen LogP contribution in [0.25, 0.3) is 0 Å². The Kier molecular flexibility index (Phi) is 8.77. The molecule has 1 aromatic rings. The summed E-state index contributed by atoms with van der Waals surface area (Å²) in [5.41, 5.74) is 1.72. The number of hydrogen-bond donors (Lipinski definition) is 2. The Balaban J connectivity index is 1.68. The first-order chi connectivity index (χ1) is 12.8. The van der Waals surface area contributed by atoms with Crippen molar-refractivity contribution in [2.75, 3.05) is 0 Å². The van der Waals surface area contributed by atoms with E-state index in [0.717, 1.165) is 23.5 Å². The highest BCUT2D eigenvalue weighted by Crippen LogP contribution is 2.27. The van der Waals surface area contributed by atoms with Gasteiger partial charge in [0.1, 0.15) is 0 Å². The maximum Gasteiger partial charge on any atom is 0.220 e. The minimum Gasteiger partial charge on any atom is -0.352 e. The van der Waals surface area contributed by atoms with Crippen molar-refractivity contribution in [3.63, 3.8) is 0 Å². The first-order valence-corrected chi connectivity index (χ1v) is 11.8. The van der Waals surface area contributed by atoms with Crippen molar-refractivity contribution < 1.29 is 13.2 Å². The van der Waals surface area contributed by atoms with Crippen LogP contribution in [0.1, 0.15) is 76.3 Å². The summed E-state index contributed by atoms with van der Waals surface area (Å²) < 4.78 is 26.5. The lowest BCUT2D eigenvalue weighted by atomic mass is 9.86. The molecule has 6 heteroatoms. The van der Waals surface area contributed by atoms with E-state index in [-0.39, 0.29) is 17.7 Å². The van der Waals surface area contributed by atoms with Gasteiger partial charge in [-0.3, -0.25) is 4.79 Å². The van der Waals surface area contributed by atoms with Gasteiger partial charge in [-0.1, -0.05) is 56.4 Å². The van der Waals surface area contributed by atoms with Crippen LogP contribution in [0.3, 0.4) is 0 Å². The van der Waals surface area contributed by atoms with E-state index in [1.807, 2.05) is 24.3 Å². The number of benzene rings is 1. The van der Waals surface area contributed by atoms with Crippen LogP contribution in [0.4, 0.5) is 0 Å². The fourth-order valence-corrected chi connectivity index (χ4v) is 5.12. The summed E-state index contributed by atoms with van der Waals surface area (Å²) in [7, 11) is -3.31. The molecule has 1 amide bonds. The number of hydrogen-bond acceptors (Lipinski definition) is 3. The average molecular weight is 395 g/mol. The van der Waals surface area contributed by atoms with Gasteiger partial charge in [-0.25, -0.2) is 13.1 Å². The van der Waals surface area contributed by atoms with E-state index in [4.69, 9.17) is 0 Å². The molecule has 0 spiro atoms. The van der Waals surface area contributed by atoms with Gasteiger partial charge in [-0.05, 0) is 43.7 Å². The molecule has 0 bridgehead atoms. The molecular formula is C21H34N2O3S. The molecule has 0 atom stereocenters. The molecule has 1 aliphatic rings. The van der Waals surface area contributed by atoms with E-state index in [1.54, 1.807) is 13.8 Å². The molecule has 1 fully saturated rings.